The van der Waals surface area contributed by atoms with Gasteiger partial charge in [-0.05, 0) is 54.6 Å². The lowest BCUT2D eigenvalue weighted by atomic mass is 10.0. The van der Waals surface area contributed by atoms with Gasteiger partial charge in [0.05, 0.1) is 6.04 Å². The number of piperazine rings is 1. The van der Waals surface area contributed by atoms with E-state index in [1.54, 1.807) is 0 Å². The van der Waals surface area contributed by atoms with Crippen molar-refractivity contribution in [2.24, 2.45) is 11.8 Å². The van der Waals surface area contributed by atoms with Gasteiger partial charge in [0, 0.05) is 51.0 Å². The Hall–Kier alpha value is -2.08. The first-order valence-corrected chi connectivity index (χ1v) is 11.6. The molecule has 0 unspecified atom stereocenters. The van der Waals surface area contributed by atoms with Gasteiger partial charge < -0.3 is 20.3 Å². The highest BCUT2D eigenvalue weighted by molar-refractivity contribution is 5.51. The molecule has 0 spiro atoms. The van der Waals surface area contributed by atoms with Crippen molar-refractivity contribution in [1.29, 1.82) is 0 Å². The van der Waals surface area contributed by atoms with Crippen LogP contribution in [0, 0.1) is 11.8 Å². The quantitative estimate of drug-likeness (QED) is 0.818. The Morgan fingerprint density at radius 3 is 2.50 bits per heavy atom. The summed E-state index contributed by atoms with van der Waals surface area (Å²) in [6.45, 7) is 8.99. The van der Waals surface area contributed by atoms with E-state index in [1.807, 2.05) is 0 Å². The van der Waals surface area contributed by atoms with Crippen LogP contribution in [0.4, 0.5) is 5.69 Å². The second kappa shape index (κ2) is 7.88. The number of hydrogen-bond donors (Lipinski definition) is 2. The summed E-state index contributed by atoms with van der Waals surface area (Å²) in [4.78, 5) is 5.18. The molecule has 4 atom stereocenters. The fourth-order valence-corrected chi connectivity index (χ4v) is 5.99. The van der Waals surface area contributed by atoms with Crippen LogP contribution < -0.4 is 20.3 Å². The van der Waals surface area contributed by atoms with Gasteiger partial charge in [-0.2, -0.15) is 0 Å². The van der Waals surface area contributed by atoms with Gasteiger partial charge in [0.2, 0.25) is 0 Å². The Labute approximate surface area is 179 Å². The molecular formula is C25H32N4O. The lowest BCUT2D eigenvalue weighted by molar-refractivity contribution is 0.0890. The highest BCUT2D eigenvalue weighted by atomic mass is 16.5. The molecule has 0 amide bonds. The molecule has 158 valence electrons. The van der Waals surface area contributed by atoms with E-state index in [9.17, 15) is 0 Å². The molecule has 2 aromatic carbocycles. The van der Waals surface area contributed by atoms with Crippen molar-refractivity contribution in [2.75, 3.05) is 57.3 Å². The summed E-state index contributed by atoms with van der Waals surface area (Å²) in [6.07, 6.45) is 1.22. The smallest absolute Gasteiger partial charge is 0.140 e. The van der Waals surface area contributed by atoms with E-state index >= 15 is 0 Å². The molecule has 3 fully saturated rings. The molecule has 1 aliphatic carbocycles. The van der Waals surface area contributed by atoms with Crippen molar-refractivity contribution in [3.05, 3.63) is 59.7 Å². The molecule has 3 saturated heterocycles. The van der Waals surface area contributed by atoms with Crippen LogP contribution in [0.1, 0.15) is 17.2 Å². The van der Waals surface area contributed by atoms with Crippen LogP contribution >= 0.6 is 0 Å². The van der Waals surface area contributed by atoms with E-state index in [-0.39, 0.29) is 6.10 Å². The topological polar surface area (TPSA) is 39.8 Å². The van der Waals surface area contributed by atoms with Gasteiger partial charge in [-0.1, -0.05) is 30.3 Å². The minimum Gasteiger partial charge on any atom is -0.484 e. The largest absolute Gasteiger partial charge is 0.484 e. The van der Waals surface area contributed by atoms with Gasteiger partial charge >= 0.3 is 0 Å². The van der Waals surface area contributed by atoms with Crippen molar-refractivity contribution in [3.8, 4) is 5.75 Å². The van der Waals surface area contributed by atoms with Crippen molar-refractivity contribution in [2.45, 2.75) is 18.6 Å². The fourth-order valence-electron chi connectivity index (χ4n) is 5.99. The Balaban J connectivity index is 1.26. The molecule has 5 heteroatoms. The molecule has 0 radical (unpaired) electrons. The minimum atomic E-state index is 0.117. The maximum absolute atomic E-state index is 6.78. The van der Waals surface area contributed by atoms with E-state index < -0.39 is 0 Å². The predicted octanol–water partition coefficient (Wildman–Crippen LogP) is 2.29. The molecule has 4 aliphatic rings. The van der Waals surface area contributed by atoms with Crippen LogP contribution in [0.5, 0.6) is 5.75 Å². The number of nitrogens with zero attached hydrogens (tertiary/aromatic N) is 2. The molecule has 0 bridgehead atoms. The maximum atomic E-state index is 6.78. The predicted molar refractivity (Wildman–Crippen MR) is 120 cm³/mol. The van der Waals surface area contributed by atoms with E-state index in [0.717, 1.165) is 50.2 Å². The molecule has 30 heavy (non-hydrogen) atoms. The lowest BCUT2D eigenvalue weighted by Gasteiger charge is -2.32. The summed E-state index contributed by atoms with van der Waals surface area (Å²) >= 11 is 0. The van der Waals surface area contributed by atoms with E-state index in [4.69, 9.17) is 4.74 Å². The van der Waals surface area contributed by atoms with Gasteiger partial charge in [-0.3, -0.25) is 4.90 Å². The molecule has 6 rings (SSSR count). The number of ether oxygens (including phenoxy) is 1. The molecule has 3 aliphatic heterocycles. The standard InChI is InChI=1S/C25H32N4O/c1-2-7-23-18(4-1)12-24(29-16-19-14-27-15-20(19)17-29)25(23)30-22-6-3-5-21(13-22)28-10-8-26-9-11-28/h1-7,13,19-20,24-27H,8-12,14-17H2/t19-,20+,24-,25-/m1/s1. The SMILES string of the molecule is c1cc(O[C@@H]2c3ccccc3C[C@H]2N2C[C@H]3CNC[C@H]3C2)cc(N2CCNCC2)c1. The first-order chi connectivity index (χ1) is 14.8. The molecule has 3 heterocycles. The van der Waals surface area contributed by atoms with Gasteiger partial charge in [0.1, 0.15) is 11.9 Å². The van der Waals surface area contributed by atoms with Gasteiger partial charge in [0.25, 0.3) is 0 Å². The summed E-state index contributed by atoms with van der Waals surface area (Å²) < 4.78 is 6.78. The summed E-state index contributed by atoms with van der Waals surface area (Å²) in [7, 11) is 0. The third-order valence-corrected chi connectivity index (χ3v) is 7.59. The van der Waals surface area contributed by atoms with Crippen LogP contribution in [0.25, 0.3) is 0 Å². The van der Waals surface area contributed by atoms with Crippen molar-refractivity contribution in [3.63, 3.8) is 0 Å². The molecule has 5 nitrogen and oxygen atoms in total. The van der Waals surface area contributed by atoms with Crippen LogP contribution in [0.2, 0.25) is 0 Å². The van der Waals surface area contributed by atoms with Crippen LogP contribution in [-0.4, -0.2) is 63.3 Å². The van der Waals surface area contributed by atoms with Crippen LogP contribution in [0.15, 0.2) is 48.5 Å². The van der Waals surface area contributed by atoms with Crippen LogP contribution in [-0.2, 0) is 6.42 Å². The fraction of sp³-hybridized carbons (Fsp3) is 0.520. The van der Waals surface area contributed by atoms with Crippen molar-refractivity contribution >= 4 is 5.69 Å². The first kappa shape index (κ1) is 18.7. The average molecular weight is 405 g/mol. The molecule has 2 N–H and O–H groups in total. The number of likely N-dealkylation sites (tertiary alicyclic amines) is 1. The summed E-state index contributed by atoms with van der Waals surface area (Å²) in [5.74, 6) is 2.62. The minimum absolute atomic E-state index is 0.117. The highest BCUT2D eigenvalue weighted by Crippen LogP contribution is 2.41. The summed E-state index contributed by atoms with van der Waals surface area (Å²) in [6, 6.07) is 18.1. The highest BCUT2D eigenvalue weighted by Gasteiger charge is 2.44. The van der Waals surface area contributed by atoms with E-state index in [1.165, 1.54) is 43.0 Å². The third kappa shape index (κ3) is 3.39. The van der Waals surface area contributed by atoms with Gasteiger partial charge in [-0.25, -0.2) is 0 Å². The van der Waals surface area contributed by atoms with Gasteiger partial charge in [-0.15, -0.1) is 0 Å². The number of anilines is 1. The second-order valence-electron chi connectivity index (χ2n) is 9.38. The zero-order chi connectivity index (χ0) is 19.9. The summed E-state index contributed by atoms with van der Waals surface area (Å²) in [5.41, 5.74) is 4.12. The van der Waals surface area contributed by atoms with Crippen LogP contribution in [0.3, 0.4) is 0 Å². The lowest BCUT2D eigenvalue weighted by Crippen LogP contribution is -2.43. The molecular weight excluding hydrogens is 372 g/mol. The zero-order valence-electron chi connectivity index (χ0n) is 17.6. The molecule has 0 saturated carbocycles. The number of rotatable bonds is 4. The third-order valence-electron chi connectivity index (χ3n) is 7.59. The normalized spacial score (nSPS) is 31.0. The molecule has 0 aromatic heterocycles. The Morgan fingerprint density at radius 2 is 1.67 bits per heavy atom. The summed E-state index contributed by atoms with van der Waals surface area (Å²) in [5, 5.41) is 7.01. The van der Waals surface area contributed by atoms with Crippen molar-refractivity contribution < 1.29 is 4.74 Å². The zero-order valence-corrected chi connectivity index (χ0v) is 17.6. The number of benzene rings is 2. The second-order valence-corrected chi connectivity index (χ2v) is 9.38. The first-order valence-electron chi connectivity index (χ1n) is 11.6. The number of hydrogen-bond acceptors (Lipinski definition) is 5. The van der Waals surface area contributed by atoms with Crippen molar-refractivity contribution in [1.82, 2.24) is 15.5 Å². The monoisotopic (exact) mass is 404 g/mol. The Bertz CT molecular complexity index is 884. The Morgan fingerprint density at radius 1 is 0.867 bits per heavy atom. The van der Waals surface area contributed by atoms with E-state index in [0.29, 0.717) is 6.04 Å². The van der Waals surface area contributed by atoms with E-state index in [2.05, 4.69) is 69.0 Å². The Kier molecular flexibility index (Phi) is 4.90. The average Bonchev–Trinajstić information content (AvgIpc) is 3.48. The molecule has 2 aromatic rings. The number of nitrogens with one attached hydrogen (secondary N) is 2. The number of fused-ring (bicyclic) bond motifs is 2. The van der Waals surface area contributed by atoms with Gasteiger partial charge in [0.15, 0.2) is 0 Å². The maximum Gasteiger partial charge on any atom is 0.140 e.